The Morgan fingerprint density at radius 2 is 1.88 bits per heavy atom. The monoisotopic (exact) mass is 393 g/mol. The smallest absolute Gasteiger partial charge is 0.294 e. The molecule has 0 spiro atoms. The highest BCUT2D eigenvalue weighted by molar-refractivity contribution is 7.80. The van der Waals surface area contributed by atoms with Crippen LogP contribution in [0.4, 0.5) is 0 Å². The van der Waals surface area contributed by atoms with E-state index in [0.29, 0.717) is 21.9 Å². The molecule has 0 saturated heterocycles. The Balaban J connectivity index is 1.57. The van der Waals surface area contributed by atoms with E-state index in [0.717, 1.165) is 12.8 Å². The zero-order valence-corrected chi connectivity index (χ0v) is 15.6. The predicted molar refractivity (Wildman–Crippen MR) is 103 cm³/mol. The average Bonchev–Trinajstić information content (AvgIpc) is 3.03. The molecule has 1 aliphatic rings. The number of aromatic hydroxyl groups is 1. The highest BCUT2D eigenvalue weighted by atomic mass is 35.5. The maximum absolute atomic E-state index is 12.2. The summed E-state index contributed by atoms with van der Waals surface area (Å²) in [6, 6.07) is 7.20. The number of aromatic nitrogens is 2. The Kier molecular flexibility index (Phi) is 5.95. The molecule has 4 N–H and O–H groups in total. The minimum Gasteiger partial charge on any atom is -0.504 e. The van der Waals surface area contributed by atoms with E-state index in [1.54, 1.807) is 24.3 Å². The molecule has 1 heterocycles. The van der Waals surface area contributed by atoms with Crippen LogP contribution in [0.15, 0.2) is 30.5 Å². The summed E-state index contributed by atoms with van der Waals surface area (Å²) < 4.78 is 1.40. The summed E-state index contributed by atoms with van der Waals surface area (Å²) in [5.74, 6) is -0.812. The molecule has 1 aliphatic carbocycles. The molecule has 138 valence electrons. The average molecular weight is 394 g/mol. The molecule has 2 aromatic rings. The van der Waals surface area contributed by atoms with Gasteiger partial charge in [-0.1, -0.05) is 30.9 Å². The topological polar surface area (TPSA) is 91.2 Å². The molecule has 7 nitrogen and oxygen atoms in total. The van der Waals surface area contributed by atoms with Crippen LogP contribution in [0.1, 0.15) is 42.6 Å². The quantitative estimate of drug-likeness (QED) is 0.473. The molecule has 9 heteroatoms. The lowest BCUT2D eigenvalue weighted by molar-refractivity contribution is 0.0935. The van der Waals surface area contributed by atoms with Crippen LogP contribution in [-0.4, -0.2) is 31.9 Å². The van der Waals surface area contributed by atoms with Gasteiger partial charge in [-0.3, -0.25) is 15.6 Å². The minimum atomic E-state index is -0.581. The molecule has 1 fully saturated rings. The van der Waals surface area contributed by atoms with Crippen LogP contribution in [0.2, 0.25) is 5.02 Å². The van der Waals surface area contributed by atoms with Crippen LogP contribution < -0.4 is 16.2 Å². The van der Waals surface area contributed by atoms with Crippen LogP contribution in [-0.2, 0) is 0 Å². The largest absolute Gasteiger partial charge is 0.504 e. The zero-order chi connectivity index (χ0) is 18.5. The third-order valence-corrected chi connectivity index (χ3v) is 4.70. The molecule has 0 radical (unpaired) electrons. The number of nitrogens with zero attached hydrogens (tertiary/aromatic N) is 2. The summed E-state index contributed by atoms with van der Waals surface area (Å²) in [6.45, 7) is 0. The molecule has 3 rings (SSSR count). The first-order valence-electron chi connectivity index (χ1n) is 8.44. The van der Waals surface area contributed by atoms with Crippen LogP contribution in [0, 0.1) is 0 Å². The number of hydrogen-bond acceptors (Lipinski definition) is 4. The second kappa shape index (κ2) is 8.37. The maximum Gasteiger partial charge on any atom is 0.294 e. The van der Waals surface area contributed by atoms with E-state index >= 15 is 0 Å². The van der Waals surface area contributed by atoms with Crippen molar-refractivity contribution in [2.45, 2.75) is 38.1 Å². The number of hydrogen-bond donors (Lipinski definition) is 4. The summed E-state index contributed by atoms with van der Waals surface area (Å²) in [5.41, 5.74) is 5.68. The van der Waals surface area contributed by atoms with Crippen molar-refractivity contribution in [3.8, 4) is 11.4 Å². The van der Waals surface area contributed by atoms with E-state index in [1.807, 2.05) is 0 Å². The standard InChI is InChI=1S/C17H20ClN5O2S/c18-11-6-8-13(9-7-11)23-10-14(24)15(22-23)16(25)20-21-17(26)19-12-4-2-1-3-5-12/h6-10,12,24H,1-5H2,(H,20,25)(H2,19,21,26). The fourth-order valence-corrected chi connectivity index (χ4v) is 3.24. The van der Waals surface area contributed by atoms with E-state index in [4.69, 9.17) is 23.8 Å². The summed E-state index contributed by atoms with van der Waals surface area (Å²) in [6.07, 6.45) is 7.12. The first-order chi connectivity index (χ1) is 12.5. The summed E-state index contributed by atoms with van der Waals surface area (Å²) in [4.78, 5) is 12.2. The van der Waals surface area contributed by atoms with Crippen molar-refractivity contribution < 1.29 is 9.90 Å². The maximum atomic E-state index is 12.2. The van der Waals surface area contributed by atoms with Gasteiger partial charge in [0.05, 0.1) is 11.9 Å². The number of amides is 1. The van der Waals surface area contributed by atoms with Crippen molar-refractivity contribution in [2.75, 3.05) is 0 Å². The zero-order valence-electron chi connectivity index (χ0n) is 14.0. The number of halogens is 1. The fourth-order valence-electron chi connectivity index (χ4n) is 2.89. The molecule has 26 heavy (non-hydrogen) atoms. The van der Waals surface area contributed by atoms with Crippen LogP contribution in [0.3, 0.4) is 0 Å². The van der Waals surface area contributed by atoms with E-state index in [1.165, 1.54) is 30.1 Å². The van der Waals surface area contributed by atoms with Gasteiger partial charge >= 0.3 is 0 Å². The molecule has 1 aromatic heterocycles. The van der Waals surface area contributed by atoms with Gasteiger partial charge in [0, 0.05) is 11.1 Å². The highest BCUT2D eigenvalue weighted by Gasteiger charge is 2.18. The molecule has 1 saturated carbocycles. The van der Waals surface area contributed by atoms with Gasteiger partial charge in [0.2, 0.25) is 0 Å². The third kappa shape index (κ3) is 4.64. The number of thiocarbonyl (C=S) groups is 1. The molecule has 1 aromatic carbocycles. The van der Waals surface area contributed by atoms with Crippen molar-refractivity contribution in [2.24, 2.45) is 0 Å². The predicted octanol–water partition coefficient (Wildman–Crippen LogP) is 2.67. The number of benzene rings is 1. The molecule has 1 amide bonds. The normalized spacial score (nSPS) is 14.7. The van der Waals surface area contributed by atoms with E-state index in [9.17, 15) is 9.90 Å². The SMILES string of the molecule is O=C(NNC(=S)NC1CCCCC1)c1nn(-c2ccc(Cl)cc2)cc1O. The van der Waals surface area contributed by atoms with Gasteiger partial charge in [-0.15, -0.1) is 0 Å². The Labute approximate surface area is 161 Å². The number of hydrazine groups is 1. The van der Waals surface area contributed by atoms with Gasteiger partial charge in [0.25, 0.3) is 5.91 Å². The lowest BCUT2D eigenvalue weighted by atomic mass is 9.96. The van der Waals surface area contributed by atoms with Gasteiger partial charge in [-0.2, -0.15) is 5.10 Å². The van der Waals surface area contributed by atoms with Gasteiger partial charge in [-0.05, 0) is 49.3 Å². The van der Waals surface area contributed by atoms with Crippen LogP contribution >= 0.6 is 23.8 Å². The lowest BCUT2D eigenvalue weighted by Crippen LogP contribution is -2.50. The molecule has 0 aliphatic heterocycles. The highest BCUT2D eigenvalue weighted by Crippen LogP contribution is 2.19. The second-order valence-electron chi connectivity index (χ2n) is 6.17. The summed E-state index contributed by atoms with van der Waals surface area (Å²) in [5, 5.41) is 18.2. The minimum absolute atomic E-state index is 0.104. The van der Waals surface area contributed by atoms with Crippen LogP contribution in [0.5, 0.6) is 5.75 Å². The Bertz CT molecular complexity index is 787. The molecule has 0 atom stereocenters. The van der Waals surface area contributed by atoms with Gasteiger partial charge in [0.1, 0.15) is 0 Å². The Morgan fingerprint density at radius 1 is 1.19 bits per heavy atom. The van der Waals surface area contributed by atoms with Crippen LogP contribution in [0.25, 0.3) is 5.69 Å². The number of rotatable bonds is 3. The number of nitrogens with one attached hydrogen (secondary N) is 3. The molecular weight excluding hydrogens is 374 g/mol. The van der Waals surface area contributed by atoms with E-state index < -0.39 is 5.91 Å². The summed E-state index contributed by atoms with van der Waals surface area (Å²) in [7, 11) is 0. The fraction of sp³-hybridized carbons (Fsp3) is 0.353. The van der Waals surface area contributed by atoms with E-state index in [-0.39, 0.29) is 11.4 Å². The lowest BCUT2D eigenvalue weighted by Gasteiger charge is -2.24. The number of carbonyl (C=O) groups is 1. The molecule has 0 bridgehead atoms. The molecular formula is C17H20ClN5O2S. The Morgan fingerprint density at radius 3 is 2.58 bits per heavy atom. The summed E-state index contributed by atoms with van der Waals surface area (Å²) >= 11 is 11.0. The second-order valence-corrected chi connectivity index (χ2v) is 7.02. The first-order valence-corrected chi connectivity index (χ1v) is 9.23. The first kappa shape index (κ1) is 18.5. The van der Waals surface area contributed by atoms with Crippen molar-refractivity contribution in [1.29, 1.82) is 0 Å². The Hall–Kier alpha value is -2.32. The third-order valence-electron chi connectivity index (χ3n) is 4.23. The van der Waals surface area contributed by atoms with Gasteiger partial charge in [-0.25, -0.2) is 4.68 Å². The van der Waals surface area contributed by atoms with Crippen molar-refractivity contribution in [1.82, 2.24) is 25.9 Å². The van der Waals surface area contributed by atoms with E-state index in [2.05, 4.69) is 21.3 Å². The van der Waals surface area contributed by atoms with Gasteiger partial charge < -0.3 is 10.4 Å². The number of carbonyl (C=O) groups excluding carboxylic acids is 1. The van der Waals surface area contributed by atoms with Crippen molar-refractivity contribution >= 4 is 34.8 Å². The van der Waals surface area contributed by atoms with Crippen molar-refractivity contribution in [3.63, 3.8) is 0 Å². The van der Waals surface area contributed by atoms with Crippen molar-refractivity contribution in [3.05, 3.63) is 41.2 Å². The van der Waals surface area contributed by atoms with Gasteiger partial charge in [0.15, 0.2) is 16.6 Å². The molecule has 0 unspecified atom stereocenters.